The third kappa shape index (κ3) is 5.95. The van der Waals surface area contributed by atoms with Crippen molar-refractivity contribution in [3.63, 3.8) is 0 Å². The second kappa shape index (κ2) is 6.93. The zero-order valence-corrected chi connectivity index (χ0v) is 6.15. The van der Waals surface area contributed by atoms with Crippen LogP contribution in [0.1, 0.15) is 25.7 Å². The first-order valence-corrected chi connectivity index (χ1v) is 3.68. The van der Waals surface area contributed by atoms with Crippen LogP contribution in [-0.2, 0) is 0 Å². The summed E-state index contributed by atoms with van der Waals surface area (Å²) >= 11 is 0. The van der Waals surface area contributed by atoms with Gasteiger partial charge in [0.25, 0.3) is 0 Å². The average Bonchev–Trinajstić information content (AvgIpc) is 1.97. The van der Waals surface area contributed by atoms with E-state index in [2.05, 4.69) is 0 Å². The van der Waals surface area contributed by atoms with Crippen LogP contribution in [0.3, 0.4) is 0 Å². The minimum absolute atomic E-state index is 0.00787. The molecule has 0 saturated heterocycles. The van der Waals surface area contributed by atoms with E-state index in [1.807, 2.05) is 0 Å². The van der Waals surface area contributed by atoms with Crippen LogP contribution in [0.5, 0.6) is 0 Å². The van der Waals surface area contributed by atoms with Crippen LogP contribution in [0.2, 0.25) is 0 Å². The highest BCUT2D eigenvalue weighted by molar-refractivity contribution is 4.60. The molecule has 0 aromatic heterocycles. The molecule has 0 spiro atoms. The van der Waals surface area contributed by atoms with Crippen LogP contribution in [0.4, 0.5) is 8.78 Å². The smallest absolute Gasteiger partial charge is 0.0895 e. The predicted octanol–water partition coefficient (Wildman–Crippen LogP) is 1.81. The van der Waals surface area contributed by atoms with Crippen molar-refractivity contribution in [3.8, 4) is 0 Å². The quantitative estimate of drug-likeness (QED) is 0.615. The maximum Gasteiger partial charge on any atom is 0.0895 e. The molecule has 0 radical (unpaired) electrons. The third-order valence-corrected chi connectivity index (χ3v) is 1.42. The summed E-state index contributed by atoms with van der Waals surface area (Å²) in [5.41, 5.74) is 5.51. The van der Waals surface area contributed by atoms with Gasteiger partial charge < -0.3 is 5.73 Å². The average molecular weight is 151 g/mol. The monoisotopic (exact) mass is 151 g/mol. The standard InChI is InChI=1S/C7H15F2N/c8-5-1-3-7(10)4-2-6-9/h7H,1-6,10H2. The molecule has 0 atom stereocenters. The molecule has 0 rings (SSSR count). The van der Waals surface area contributed by atoms with Gasteiger partial charge in [-0.2, -0.15) is 0 Å². The molecule has 0 heterocycles. The van der Waals surface area contributed by atoms with Gasteiger partial charge in [-0.05, 0) is 25.7 Å². The van der Waals surface area contributed by atoms with Crippen molar-refractivity contribution in [2.45, 2.75) is 31.7 Å². The van der Waals surface area contributed by atoms with Crippen LogP contribution in [-0.4, -0.2) is 19.4 Å². The normalized spacial score (nSPS) is 10.8. The van der Waals surface area contributed by atoms with Gasteiger partial charge in [0.1, 0.15) is 0 Å². The van der Waals surface area contributed by atoms with E-state index in [0.717, 1.165) is 0 Å². The molecule has 0 saturated carbocycles. The molecular formula is C7H15F2N. The van der Waals surface area contributed by atoms with Crippen molar-refractivity contribution < 1.29 is 8.78 Å². The first-order chi connectivity index (χ1) is 4.81. The highest BCUT2D eigenvalue weighted by atomic mass is 19.1. The molecule has 0 amide bonds. The van der Waals surface area contributed by atoms with Crippen LogP contribution >= 0.6 is 0 Å². The highest BCUT2D eigenvalue weighted by Crippen LogP contribution is 2.02. The molecule has 0 aliphatic rings. The number of rotatable bonds is 6. The van der Waals surface area contributed by atoms with Crippen LogP contribution in [0.25, 0.3) is 0 Å². The maximum atomic E-state index is 11.5. The van der Waals surface area contributed by atoms with Gasteiger partial charge in [0, 0.05) is 6.04 Å². The number of nitrogens with two attached hydrogens (primary N) is 1. The molecule has 62 valence electrons. The largest absolute Gasteiger partial charge is 0.328 e. The molecule has 1 nitrogen and oxygen atoms in total. The van der Waals surface area contributed by atoms with E-state index < -0.39 is 0 Å². The fraction of sp³-hybridized carbons (Fsp3) is 1.00. The Kier molecular flexibility index (Phi) is 6.81. The molecule has 2 N–H and O–H groups in total. The third-order valence-electron chi connectivity index (χ3n) is 1.42. The molecule has 10 heavy (non-hydrogen) atoms. The molecule has 0 bridgehead atoms. The summed E-state index contributed by atoms with van der Waals surface area (Å²) < 4.78 is 23.1. The summed E-state index contributed by atoms with van der Waals surface area (Å²) in [6.45, 7) is -0.632. The zero-order valence-electron chi connectivity index (χ0n) is 6.15. The Bertz CT molecular complexity index is 60.6. The molecule has 0 aliphatic carbocycles. The van der Waals surface area contributed by atoms with Gasteiger partial charge in [0.05, 0.1) is 13.3 Å². The fourth-order valence-electron chi connectivity index (χ4n) is 0.823. The first kappa shape index (κ1) is 9.82. The maximum absolute atomic E-state index is 11.5. The van der Waals surface area contributed by atoms with Crippen LogP contribution < -0.4 is 5.73 Å². The second-order valence-corrected chi connectivity index (χ2v) is 2.42. The van der Waals surface area contributed by atoms with Crippen molar-refractivity contribution in [2.75, 3.05) is 13.3 Å². The Balaban J connectivity index is 3.00. The van der Waals surface area contributed by atoms with Crippen molar-refractivity contribution >= 4 is 0 Å². The van der Waals surface area contributed by atoms with Gasteiger partial charge in [-0.25, -0.2) is 0 Å². The number of hydrogen-bond acceptors (Lipinski definition) is 1. The van der Waals surface area contributed by atoms with Crippen molar-refractivity contribution in [3.05, 3.63) is 0 Å². The summed E-state index contributed by atoms with van der Waals surface area (Å²) in [4.78, 5) is 0. The Morgan fingerprint density at radius 3 is 1.70 bits per heavy atom. The molecule has 0 aromatic carbocycles. The van der Waals surface area contributed by atoms with E-state index >= 15 is 0 Å². The summed E-state index contributed by atoms with van der Waals surface area (Å²) in [7, 11) is 0. The van der Waals surface area contributed by atoms with E-state index in [-0.39, 0.29) is 19.4 Å². The van der Waals surface area contributed by atoms with Gasteiger partial charge in [-0.15, -0.1) is 0 Å². The van der Waals surface area contributed by atoms with Crippen LogP contribution in [0.15, 0.2) is 0 Å². The number of halogens is 2. The Morgan fingerprint density at radius 2 is 1.40 bits per heavy atom. The molecular weight excluding hydrogens is 136 g/mol. The number of alkyl halides is 2. The van der Waals surface area contributed by atoms with Gasteiger partial charge in [0.15, 0.2) is 0 Å². The lowest BCUT2D eigenvalue weighted by molar-refractivity contribution is 0.405. The summed E-state index contributed by atoms with van der Waals surface area (Å²) in [6.07, 6.45) is 2.37. The van der Waals surface area contributed by atoms with E-state index in [9.17, 15) is 8.78 Å². The lowest BCUT2D eigenvalue weighted by Gasteiger charge is -2.07. The predicted molar refractivity (Wildman–Crippen MR) is 38.4 cm³/mol. The van der Waals surface area contributed by atoms with E-state index in [1.54, 1.807) is 0 Å². The Morgan fingerprint density at radius 1 is 1.00 bits per heavy atom. The highest BCUT2D eigenvalue weighted by Gasteiger charge is 2.00. The minimum atomic E-state index is -0.316. The fourth-order valence-corrected chi connectivity index (χ4v) is 0.823. The Labute approximate surface area is 60.6 Å². The number of hydrogen-bond donors (Lipinski definition) is 1. The summed E-state index contributed by atoms with van der Waals surface area (Å²) in [6, 6.07) is -0.00787. The molecule has 0 aliphatic heterocycles. The van der Waals surface area contributed by atoms with Gasteiger partial charge in [-0.3, -0.25) is 8.78 Å². The topological polar surface area (TPSA) is 26.0 Å². The molecule has 0 unspecified atom stereocenters. The second-order valence-electron chi connectivity index (χ2n) is 2.42. The minimum Gasteiger partial charge on any atom is -0.328 e. The van der Waals surface area contributed by atoms with Gasteiger partial charge >= 0.3 is 0 Å². The van der Waals surface area contributed by atoms with Crippen LogP contribution in [0, 0.1) is 0 Å². The van der Waals surface area contributed by atoms with E-state index in [0.29, 0.717) is 25.7 Å². The molecule has 3 heteroatoms. The van der Waals surface area contributed by atoms with Crippen molar-refractivity contribution in [2.24, 2.45) is 5.73 Å². The summed E-state index contributed by atoms with van der Waals surface area (Å²) in [5, 5.41) is 0. The first-order valence-electron chi connectivity index (χ1n) is 3.68. The van der Waals surface area contributed by atoms with Gasteiger partial charge in [0.2, 0.25) is 0 Å². The lowest BCUT2D eigenvalue weighted by atomic mass is 10.1. The zero-order chi connectivity index (χ0) is 7.82. The van der Waals surface area contributed by atoms with Gasteiger partial charge in [-0.1, -0.05) is 0 Å². The van der Waals surface area contributed by atoms with Crippen molar-refractivity contribution in [1.29, 1.82) is 0 Å². The van der Waals surface area contributed by atoms with E-state index in [4.69, 9.17) is 5.73 Å². The SMILES string of the molecule is NC(CCCF)CCCF. The Hall–Kier alpha value is -0.180. The molecule has 0 aromatic rings. The van der Waals surface area contributed by atoms with E-state index in [1.165, 1.54) is 0 Å². The summed E-state index contributed by atoms with van der Waals surface area (Å²) in [5.74, 6) is 0. The lowest BCUT2D eigenvalue weighted by Crippen LogP contribution is -2.19. The molecule has 0 fully saturated rings. The van der Waals surface area contributed by atoms with Crippen molar-refractivity contribution in [1.82, 2.24) is 0 Å².